The predicted molar refractivity (Wildman–Crippen MR) is 90.2 cm³/mol. The van der Waals surface area contributed by atoms with Crippen LogP contribution in [-0.2, 0) is 6.54 Å². The highest BCUT2D eigenvalue weighted by atomic mass is 127. The third-order valence-electron chi connectivity index (χ3n) is 2.98. The van der Waals surface area contributed by atoms with Crippen LogP contribution >= 0.6 is 22.6 Å². The van der Waals surface area contributed by atoms with E-state index in [0.29, 0.717) is 17.7 Å². The number of hydrogen-bond donors (Lipinski definition) is 2. The van der Waals surface area contributed by atoms with Gasteiger partial charge in [-0.2, -0.15) is 0 Å². The molecule has 0 saturated carbocycles. The zero-order valence-corrected chi connectivity index (χ0v) is 13.7. The summed E-state index contributed by atoms with van der Waals surface area (Å²) in [5.74, 6) is -0.266. The maximum Gasteiger partial charge on any atom is 0.251 e. The number of hydrogen-bond acceptors (Lipinski definition) is 2. The van der Waals surface area contributed by atoms with Crippen molar-refractivity contribution in [2.45, 2.75) is 6.54 Å². The van der Waals surface area contributed by atoms with Gasteiger partial charge in [0.05, 0.1) is 0 Å². The molecule has 0 aromatic heterocycles. The zero-order valence-electron chi connectivity index (χ0n) is 11.5. The van der Waals surface area contributed by atoms with Crippen LogP contribution < -0.4 is 10.6 Å². The minimum atomic E-state index is -0.138. The molecule has 0 heterocycles. The third-order valence-corrected chi connectivity index (χ3v) is 3.69. The first-order valence-corrected chi connectivity index (χ1v) is 7.53. The van der Waals surface area contributed by atoms with Crippen LogP contribution in [0.1, 0.15) is 26.3 Å². The normalized spacial score (nSPS) is 10.0. The second kappa shape index (κ2) is 7.21. The number of halogens is 1. The van der Waals surface area contributed by atoms with Gasteiger partial charge in [0.25, 0.3) is 11.8 Å². The number of carbonyl (C=O) groups is 2. The van der Waals surface area contributed by atoms with Gasteiger partial charge in [-0.1, -0.05) is 12.1 Å². The predicted octanol–water partition coefficient (Wildman–Crippen LogP) is 2.58. The van der Waals surface area contributed by atoms with Gasteiger partial charge >= 0.3 is 0 Å². The summed E-state index contributed by atoms with van der Waals surface area (Å²) in [6, 6.07) is 14.5. The average molecular weight is 394 g/mol. The molecule has 0 fully saturated rings. The quantitative estimate of drug-likeness (QED) is 0.784. The van der Waals surface area contributed by atoms with Crippen LogP contribution in [0.2, 0.25) is 0 Å². The van der Waals surface area contributed by atoms with Crippen molar-refractivity contribution in [1.82, 2.24) is 10.6 Å². The first-order chi connectivity index (χ1) is 10.1. The summed E-state index contributed by atoms with van der Waals surface area (Å²) in [6.45, 7) is 0.385. The van der Waals surface area contributed by atoms with Gasteiger partial charge in [-0.3, -0.25) is 9.59 Å². The Morgan fingerprint density at radius 1 is 1.00 bits per heavy atom. The smallest absolute Gasteiger partial charge is 0.251 e. The molecule has 108 valence electrons. The Kier molecular flexibility index (Phi) is 5.32. The summed E-state index contributed by atoms with van der Waals surface area (Å²) in [4.78, 5) is 23.6. The first-order valence-electron chi connectivity index (χ1n) is 6.45. The molecule has 0 atom stereocenters. The summed E-state index contributed by atoms with van der Waals surface area (Å²) in [6.07, 6.45) is 0. The van der Waals surface area contributed by atoms with Crippen LogP contribution in [-0.4, -0.2) is 18.9 Å². The van der Waals surface area contributed by atoms with Crippen molar-refractivity contribution in [3.05, 3.63) is 68.8 Å². The molecular weight excluding hydrogens is 379 g/mol. The van der Waals surface area contributed by atoms with Gasteiger partial charge < -0.3 is 10.6 Å². The fourth-order valence-electron chi connectivity index (χ4n) is 1.85. The minimum absolute atomic E-state index is 0.128. The van der Waals surface area contributed by atoms with Crippen molar-refractivity contribution in [2.75, 3.05) is 7.05 Å². The summed E-state index contributed by atoms with van der Waals surface area (Å²) >= 11 is 2.19. The lowest BCUT2D eigenvalue weighted by molar-refractivity contribution is 0.0948. The van der Waals surface area contributed by atoms with Crippen molar-refractivity contribution in [3.8, 4) is 0 Å². The van der Waals surface area contributed by atoms with E-state index < -0.39 is 0 Å². The lowest BCUT2D eigenvalue weighted by Gasteiger charge is -2.07. The van der Waals surface area contributed by atoms with Gasteiger partial charge in [-0.05, 0) is 64.6 Å². The van der Waals surface area contributed by atoms with Crippen LogP contribution in [0.3, 0.4) is 0 Å². The molecule has 0 spiro atoms. The van der Waals surface area contributed by atoms with Crippen LogP contribution in [0.5, 0.6) is 0 Å². The van der Waals surface area contributed by atoms with Crippen molar-refractivity contribution in [1.29, 1.82) is 0 Å². The van der Waals surface area contributed by atoms with Gasteiger partial charge in [0.2, 0.25) is 0 Å². The molecule has 2 N–H and O–H groups in total. The van der Waals surface area contributed by atoms with E-state index in [1.54, 1.807) is 37.4 Å². The fourth-order valence-corrected chi connectivity index (χ4v) is 2.21. The molecule has 2 rings (SSSR count). The second-order valence-electron chi connectivity index (χ2n) is 4.47. The Bertz CT molecular complexity index is 654. The second-order valence-corrected chi connectivity index (χ2v) is 5.71. The van der Waals surface area contributed by atoms with E-state index in [1.807, 2.05) is 18.2 Å². The van der Waals surface area contributed by atoms with E-state index in [4.69, 9.17) is 0 Å². The largest absolute Gasteiger partial charge is 0.355 e. The summed E-state index contributed by atoms with van der Waals surface area (Å²) in [7, 11) is 1.59. The lowest BCUT2D eigenvalue weighted by atomic mass is 10.1. The maximum atomic E-state index is 12.0. The fraction of sp³-hybridized carbons (Fsp3) is 0.125. The Morgan fingerprint density at radius 2 is 1.71 bits per heavy atom. The number of nitrogens with one attached hydrogen (secondary N) is 2. The van der Waals surface area contributed by atoms with E-state index in [1.165, 1.54) is 0 Å². The highest BCUT2D eigenvalue weighted by molar-refractivity contribution is 14.1. The van der Waals surface area contributed by atoms with E-state index in [0.717, 1.165) is 9.13 Å². The van der Waals surface area contributed by atoms with Crippen LogP contribution in [0.25, 0.3) is 0 Å². The molecule has 2 aromatic rings. The first kappa shape index (κ1) is 15.5. The number of carbonyl (C=O) groups excluding carboxylic acids is 2. The molecule has 0 aliphatic rings. The highest BCUT2D eigenvalue weighted by Crippen LogP contribution is 2.08. The number of rotatable bonds is 4. The van der Waals surface area contributed by atoms with E-state index >= 15 is 0 Å². The number of amides is 2. The molecule has 4 nitrogen and oxygen atoms in total. The Labute approximate surface area is 137 Å². The molecule has 0 unspecified atom stereocenters. The molecule has 0 radical (unpaired) electrons. The molecule has 0 saturated heterocycles. The monoisotopic (exact) mass is 394 g/mol. The molecule has 2 amide bonds. The van der Waals surface area contributed by atoms with E-state index in [-0.39, 0.29) is 11.8 Å². The lowest BCUT2D eigenvalue weighted by Crippen LogP contribution is -2.23. The summed E-state index contributed by atoms with van der Waals surface area (Å²) < 4.78 is 1.09. The van der Waals surface area contributed by atoms with Crippen LogP contribution in [0, 0.1) is 3.57 Å². The van der Waals surface area contributed by atoms with E-state index in [9.17, 15) is 9.59 Å². The molecular formula is C16H15IN2O2. The van der Waals surface area contributed by atoms with Crippen molar-refractivity contribution in [3.63, 3.8) is 0 Å². The molecule has 0 aliphatic carbocycles. The summed E-state index contributed by atoms with van der Waals surface area (Å²) in [5.41, 5.74) is 2.09. The summed E-state index contributed by atoms with van der Waals surface area (Å²) in [5, 5.41) is 5.42. The van der Waals surface area contributed by atoms with Crippen molar-refractivity contribution in [2.24, 2.45) is 0 Å². The molecule has 2 aromatic carbocycles. The SMILES string of the molecule is CNC(=O)c1cccc(CNC(=O)c2ccc(I)cc2)c1. The minimum Gasteiger partial charge on any atom is -0.355 e. The Balaban J connectivity index is 2.01. The standard InChI is InChI=1S/C16H15IN2O2/c1-18-15(20)13-4-2-3-11(9-13)10-19-16(21)12-5-7-14(17)8-6-12/h2-9H,10H2,1H3,(H,18,20)(H,19,21). The Morgan fingerprint density at radius 3 is 2.38 bits per heavy atom. The van der Waals surface area contributed by atoms with E-state index in [2.05, 4.69) is 33.2 Å². The highest BCUT2D eigenvalue weighted by Gasteiger charge is 2.07. The molecule has 0 bridgehead atoms. The zero-order chi connectivity index (χ0) is 15.2. The maximum absolute atomic E-state index is 12.0. The molecule has 5 heteroatoms. The van der Waals surface area contributed by atoms with Gasteiger partial charge in [-0.25, -0.2) is 0 Å². The number of benzene rings is 2. The Hall–Kier alpha value is -1.89. The average Bonchev–Trinajstić information content (AvgIpc) is 2.52. The van der Waals surface area contributed by atoms with Crippen molar-refractivity contribution < 1.29 is 9.59 Å². The van der Waals surface area contributed by atoms with Gasteiger partial charge in [0.1, 0.15) is 0 Å². The topological polar surface area (TPSA) is 58.2 Å². The molecule has 0 aliphatic heterocycles. The molecule has 21 heavy (non-hydrogen) atoms. The van der Waals surface area contributed by atoms with Gasteiger partial charge in [0, 0.05) is 28.3 Å². The van der Waals surface area contributed by atoms with Gasteiger partial charge in [-0.15, -0.1) is 0 Å². The van der Waals surface area contributed by atoms with Gasteiger partial charge in [0.15, 0.2) is 0 Å². The third kappa shape index (κ3) is 4.29. The van der Waals surface area contributed by atoms with Crippen LogP contribution in [0.4, 0.5) is 0 Å². The van der Waals surface area contributed by atoms with Crippen LogP contribution in [0.15, 0.2) is 48.5 Å². The van der Waals surface area contributed by atoms with Crippen molar-refractivity contribution >= 4 is 34.4 Å².